The van der Waals surface area contributed by atoms with Gasteiger partial charge in [-0.15, -0.1) is 0 Å². The number of aliphatic hydroxyl groups excluding tert-OH is 1. The minimum Gasteiger partial charge on any atom is -0.399 e. The third-order valence-electron chi connectivity index (χ3n) is 2.66. The first-order chi connectivity index (χ1) is 8.76. The van der Waals surface area contributed by atoms with E-state index in [1.807, 2.05) is 6.92 Å². The van der Waals surface area contributed by atoms with Crippen LogP contribution in [0.3, 0.4) is 0 Å². The zero-order valence-corrected chi connectivity index (χ0v) is 12.2. The van der Waals surface area contributed by atoms with Crippen LogP contribution in [0.2, 0.25) is 0 Å². The Morgan fingerprint density at radius 1 is 1.37 bits per heavy atom. The number of hydrogen-bond donors (Lipinski definition) is 4. The fourth-order valence-electron chi connectivity index (χ4n) is 1.83. The van der Waals surface area contributed by atoms with Crippen LogP contribution in [-0.4, -0.2) is 32.7 Å². The van der Waals surface area contributed by atoms with E-state index in [2.05, 4.69) is 10.0 Å². The highest BCUT2D eigenvalue weighted by atomic mass is 32.2. The van der Waals surface area contributed by atoms with Crippen LogP contribution in [0.5, 0.6) is 0 Å². The standard InChI is InChI=1S/C12H21N3O3S/c1-8(6-9(2)16)15-11-5-4-10(13)7-12(11)19(17,18)14-3/h4-5,7-9,14-16H,6,13H2,1-3H3. The molecule has 0 spiro atoms. The summed E-state index contributed by atoms with van der Waals surface area (Å²) in [7, 11) is -2.23. The number of anilines is 2. The number of rotatable bonds is 6. The molecule has 2 atom stereocenters. The van der Waals surface area contributed by atoms with E-state index in [0.717, 1.165) is 0 Å². The quantitative estimate of drug-likeness (QED) is 0.578. The number of sulfonamides is 1. The van der Waals surface area contributed by atoms with Crippen molar-refractivity contribution in [3.8, 4) is 0 Å². The first-order valence-electron chi connectivity index (χ1n) is 6.04. The molecule has 108 valence electrons. The first kappa shape index (κ1) is 15.7. The lowest BCUT2D eigenvalue weighted by Crippen LogP contribution is -2.24. The molecule has 2 unspecified atom stereocenters. The van der Waals surface area contributed by atoms with Crippen LogP contribution >= 0.6 is 0 Å². The van der Waals surface area contributed by atoms with Crippen LogP contribution in [0.1, 0.15) is 20.3 Å². The second-order valence-electron chi connectivity index (χ2n) is 4.59. The fraction of sp³-hybridized carbons (Fsp3) is 0.500. The number of aliphatic hydroxyl groups is 1. The summed E-state index contributed by atoms with van der Waals surface area (Å²) in [5.74, 6) is 0. The maximum absolute atomic E-state index is 11.9. The lowest BCUT2D eigenvalue weighted by molar-refractivity contribution is 0.179. The van der Waals surface area contributed by atoms with Crippen molar-refractivity contribution in [2.45, 2.75) is 37.3 Å². The van der Waals surface area contributed by atoms with Crippen LogP contribution < -0.4 is 15.8 Å². The highest BCUT2D eigenvalue weighted by Gasteiger charge is 2.18. The summed E-state index contributed by atoms with van der Waals surface area (Å²) in [6, 6.07) is 4.60. The Bertz CT molecular complexity index is 529. The number of nitrogen functional groups attached to an aromatic ring is 1. The summed E-state index contributed by atoms with van der Waals surface area (Å²) < 4.78 is 26.1. The Hall–Kier alpha value is -1.31. The fourth-order valence-corrected chi connectivity index (χ4v) is 2.75. The van der Waals surface area contributed by atoms with Crippen LogP contribution in [0, 0.1) is 0 Å². The van der Waals surface area contributed by atoms with Crippen molar-refractivity contribution < 1.29 is 13.5 Å². The minimum atomic E-state index is -3.58. The molecule has 1 aromatic carbocycles. The molecule has 19 heavy (non-hydrogen) atoms. The molecule has 1 aromatic rings. The molecule has 0 bridgehead atoms. The van der Waals surface area contributed by atoms with Gasteiger partial charge in [0.05, 0.1) is 11.8 Å². The minimum absolute atomic E-state index is 0.0607. The third kappa shape index (κ3) is 4.38. The first-order valence-corrected chi connectivity index (χ1v) is 7.52. The van der Waals surface area contributed by atoms with Crippen molar-refractivity contribution >= 4 is 21.4 Å². The normalized spacial score (nSPS) is 14.9. The predicted molar refractivity (Wildman–Crippen MR) is 76.5 cm³/mol. The molecule has 0 aliphatic heterocycles. The third-order valence-corrected chi connectivity index (χ3v) is 4.11. The van der Waals surface area contributed by atoms with Crippen molar-refractivity contribution in [2.24, 2.45) is 0 Å². The Morgan fingerprint density at radius 3 is 2.53 bits per heavy atom. The van der Waals surface area contributed by atoms with Gasteiger partial charge in [0.2, 0.25) is 10.0 Å². The maximum Gasteiger partial charge on any atom is 0.242 e. The molecule has 0 saturated heterocycles. The van der Waals surface area contributed by atoms with Gasteiger partial charge in [-0.2, -0.15) is 0 Å². The summed E-state index contributed by atoms with van der Waals surface area (Å²) >= 11 is 0. The second kappa shape index (κ2) is 6.23. The Labute approximate surface area is 114 Å². The Kier molecular flexibility index (Phi) is 5.16. The topological polar surface area (TPSA) is 104 Å². The zero-order chi connectivity index (χ0) is 14.6. The summed E-state index contributed by atoms with van der Waals surface area (Å²) in [4.78, 5) is 0.104. The van der Waals surface area contributed by atoms with Gasteiger partial charge in [0.1, 0.15) is 4.90 Å². The monoisotopic (exact) mass is 287 g/mol. The number of hydrogen-bond acceptors (Lipinski definition) is 5. The summed E-state index contributed by atoms with van der Waals surface area (Å²) in [6.07, 6.45) is 0.0595. The molecule has 0 heterocycles. The van der Waals surface area contributed by atoms with Gasteiger partial charge >= 0.3 is 0 Å². The van der Waals surface area contributed by atoms with Crippen molar-refractivity contribution in [1.82, 2.24) is 4.72 Å². The molecule has 0 aliphatic carbocycles. The van der Waals surface area contributed by atoms with Crippen molar-refractivity contribution in [3.05, 3.63) is 18.2 Å². The molecule has 1 rings (SSSR count). The molecule has 5 N–H and O–H groups in total. The average Bonchev–Trinajstić information content (AvgIpc) is 2.30. The van der Waals surface area contributed by atoms with E-state index >= 15 is 0 Å². The van der Waals surface area contributed by atoms with Gasteiger partial charge in [0.25, 0.3) is 0 Å². The largest absolute Gasteiger partial charge is 0.399 e. The highest BCUT2D eigenvalue weighted by molar-refractivity contribution is 7.89. The van der Waals surface area contributed by atoms with Gasteiger partial charge in [-0.25, -0.2) is 13.1 Å². The molecule has 0 aliphatic rings. The van der Waals surface area contributed by atoms with E-state index in [1.54, 1.807) is 19.1 Å². The molecule has 0 radical (unpaired) electrons. The Morgan fingerprint density at radius 2 is 2.00 bits per heavy atom. The summed E-state index contributed by atoms with van der Waals surface area (Å²) in [6.45, 7) is 3.56. The molecule has 7 heteroatoms. The molecule has 0 fully saturated rings. The molecule has 0 aromatic heterocycles. The second-order valence-corrected chi connectivity index (χ2v) is 6.45. The summed E-state index contributed by atoms with van der Waals surface area (Å²) in [5, 5.41) is 12.4. The van der Waals surface area contributed by atoms with Crippen LogP contribution in [-0.2, 0) is 10.0 Å². The van der Waals surface area contributed by atoms with E-state index in [-0.39, 0.29) is 10.9 Å². The Balaban J connectivity index is 3.08. The number of nitrogens with two attached hydrogens (primary N) is 1. The number of nitrogens with one attached hydrogen (secondary N) is 2. The van der Waals surface area contributed by atoms with Gasteiger partial charge in [0, 0.05) is 11.7 Å². The lowest BCUT2D eigenvalue weighted by Gasteiger charge is -2.19. The van der Waals surface area contributed by atoms with E-state index in [0.29, 0.717) is 17.8 Å². The van der Waals surface area contributed by atoms with Crippen molar-refractivity contribution in [1.29, 1.82) is 0 Å². The van der Waals surface area contributed by atoms with Crippen LogP contribution in [0.15, 0.2) is 23.1 Å². The smallest absolute Gasteiger partial charge is 0.242 e. The van der Waals surface area contributed by atoms with Gasteiger partial charge in [-0.3, -0.25) is 0 Å². The molecule has 6 nitrogen and oxygen atoms in total. The average molecular weight is 287 g/mol. The van der Waals surface area contributed by atoms with Crippen LogP contribution in [0.4, 0.5) is 11.4 Å². The van der Waals surface area contributed by atoms with Gasteiger partial charge < -0.3 is 16.2 Å². The van der Waals surface area contributed by atoms with Gasteiger partial charge in [-0.1, -0.05) is 0 Å². The van der Waals surface area contributed by atoms with Gasteiger partial charge in [-0.05, 0) is 45.5 Å². The van der Waals surface area contributed by atoms with Crippen molar-refractivity contribution in [3.63, 3.8) is 0 Å². The van der Waals surface area contributed by atoms with E-state index in [1.165, 1.54) is 13.1 Å². The number of benzene rings is 1. The maximum atomic E-state index is 11.9. The van der Waals surface area contributed by atoms with Crippen molar-refractivity contribution in [2.75, 3.05) is 18.1 Å². The van der Waals surface area contributed by atoms with Crippen LogP contribution in [0.25, 0.3) is 0 Å². The molecular weight excluding hydrogens is 266 g/mol. The van der Waals surface area contributed by atoms with Gasteiger partial charge in [0.15, 0.2) is 0 Å². The molecule has 0 saturated carbocycles. The predicted octanol–water partition coefficient (Wildman–Crippen LogP) is 0.748. The lowest BCUT2D eigenvalue weighted by atomic mass is 10.1. The zero-order valence-electron chi connectivity index (χ0n) is 11.3. The summed E-state index contributed by atoms with van der Waals surface area (Å²) in [5.41, 5.74) is 6.48. The van der Waals surface area contributed by atoms with E-state index < -0.39 is 16.1 Å². The SMILES string of the molecule is CNS(=O)(=O)c1cc(N)ccc1NC(C)CC(C)O. The molecular formula is C12H21N3O3S. The highest BCUT2D eigenvalue weighted by Crippen LogP contribution is 2.24. The van der Waals surface area contributed by atoms with E-state index in [4.69, 9.17) is 5.73 Å². The molecule has 0 amide bonds. The van der Waals surface area contributed by atoms with E-state index in [9.17, 15) is 13.5 Å².